The van der Waals surface area contributed by atoms with Crippen molar-refractivity contribution in [1.29, 1.82) is 0 Å². The van der Waals surface area contributed by atoms with Crippen LogP contribution in [0.15, 0.2) is 18.2 Å². The van der Waals surface area contributed by atoms with Gasteiger partial charge in [0.1, 0.15) is 5.75 Å². The summed E-state index contributed by atoms with van der Waals surface area (Å²) >= 11 is 0. The van der Waals surface area contributed by atoms with Crippen LogP contribution in [0.4, 0.5) is 11.4 Å². The number of likely N-dealkylation sites (N-methyl/N-ethyl adjacent to an activating group) is 1. The average Bonchev–Trinajstić information content (AvgIpc) is 2.27. The van der Waals surface area contributed by atoms with Crippen LogP contribution in [-0.4, -0.2) is 36.3 Å². The fourth-order valence-corrected chi connectivity index (χ4v) is 1.51. The van der Waals surface area contributed by atoms with Gasteiger partial charge in [-0.1, -0.05) is 0 Å². The molecule has 0 aliphatic carbocycles. The maximum Gasteiger partial charge on any atom is 0.275 e. The summed E-state index contributed by atoms with van der Waals surface area (Å²) in [5, 5.41) is 19.7. The second kappa shape index (κ2) is 6.20. The molecule has 18 heavy (non-hydrogen) atoms. The number of ether oxygens (including phenoxy) is 1. The molecule has 0 saturated heterocycles. The molecule has 0 fully saturated rings. The molecule has 1 N–H and O–H groups in total. The summed E-state index contributed by atoms with van der Waals surface area (Å²) in [6.07, 6.45) is -0.0528. The highest BCUT2D eigenvalue weighted by Crippen LogP contribution is 2.28. The number of non-ortho nitro benzene ring substituents is 1. The van der Waals surface area contributed by atoms with Gasteiger partial charge < -0.3 is 14.7 Å². The van der Waals surface area contributed by atoms with Gasteiger partial charge >= 0.3 is 0 Å². The molecule has 1 aromatic rings. The van der Waals surface area contributed by atoms with Gasteiger partial charge in [-0.15, -0.1) is 0 Å². The number of anilines is 1. The smallest absolute Gasteiger partial charge is 0.275 e. The second-order valence-corrected chi connectivity index (χ2v) is 4.25. The molecule has 0 spiro atoms. The van der Waals surface area contributed by atoms with E-state index in [0.717, 1.165) is 0 Å². The highest BCUT2D eigenvalue weighted by atomic mass is 16.6. The Balaban J connectivity index is 3.09. The highest BCUT2D eigenvalue weighted by Gasteiger charge is 2.13. The Morgan fingerprint density at radius 1 is 1.44 bits per heavy atom. The molecule has 0 aliphatic rings. The van der Waals surface area contributed by atoms with Crippen LogP contribution in [-0.2, 0) is 0 Å². The Labute approximate surface area is 106 Å². The van der Waals surface area contributed by atoms with E-state index < -0.39 is 4.92 Å². The Hall–Kier alpha value is -1.82. The lowest BCUT2D eigenvalue weighted by Gasteiger charge is -2.19. The SMILES string of the molecule is CC(C)Oc1cc(N(C)CCO)cc([N+](=O)[O-])c1. The molecule has 6 heteroatoms. The van der Waals surface area contributed by atoms with Gasteiger partial charge in [-0.3, -0.25) is 10.1 Å². The number of benzene rings is 1. The number of hydrogen-bond acceptors (Lipinski definition) is 5. The molecule has 100 valence electrons. The molecular weight excluding hydrogens is 236 g/mol. The van der Waals surface area contributed by atoms with E-state index >= 15 is 0 Å². The summed E-state index contributed by atoms with van der Waals surface area (Å²) in [5.74, 6) is 0.457. The molecule has 0 aromatic heterocycles. The van der Waals surface area contributed by atoms with Crippen LogP contribution in [0.3, 0.4) is 0 Å². The molecule has 1 rings (SSSR count). The van der Waals surface area contributed by atoms with Crippen molar-refractivity contribution in [3.63, 3.8) is 0 Å². The summed E-state index contributed by atoms with van der Waals surface area (Å²) in [6, 6.07) is 4.59. The van der Waals surface area contributed by atoms with Crippen LogP contribution in [0.5, 0.6) is 5.75 Å². The largest absolute Gasteiger partial charge is 0.491 e. The average molecular weight is 254 g/mol. The van der Waals surface area contributed by atoms with E-state index in [-0.39, 0.29) is 18.4 Å². The highest BCUT2D eigenvalue weighted by molar-refractivity contribution is 5.57. The quantitative estimate of drug-likeness (QED) is 0.619. The van der Waals surface area contributed by atoms with Crippen LogP contribution in [0.2, 0.25) is 0 Å². The van der Waals surface area contributed by atoms with E-state index in [4.69, 9.17) is 9.84 Å². The number of aliphatic hydroxyl groups is 1. The van der Waals surface area contributed by atoms with Crippen molar-refractivity contribution in [2.75, 3.05) is 25.1 Å². The van der Waals surface area contributed by atoms with Crippen molar-refractivity contribution < 1.29 is 14.8 Å². The molecule has 0 aliphatic heterocycles. The molecule has 6 nitrogen and oxygen atoms in total. The van der Waals surface area contributed by atoms with Crippen LogP contribution in [0.1, 0.15) is 13.8 Å². The van der Waals surface area contributed by atoms with E-state index in [2.05, 4.69) is 0 Å². The molecule has 1 aromatic carbocycles. The molecule has 0 heterocycles. The standard InChI is InChI=1S/C12H18N2O4/c1-9(2)18-12-7-10(13(3)4-5-15)6-11(8-12)14(16)17/h6-9,15H,4-5H2,1-3H3. The van der Waals surface area contributed by atoms with Gasteiger partial charge in [0.05, 0.1) is 23.7 Å². The van der Waals surface area contributed by atoms with E-state index in [1.165, 1.54) is 12.1 Å². The molecule has 0 bridgehead atoms. The maximum atomic E-state index is 10.9. The van der Waals surface area contributed by atoms with E-state index in [0.29, 0.717) is 18.0 Å². The normalized spacial score (nSPS) is 10.5. The van der Waals surface area contributed by atoms with Gasteiger partial charge in [0.15, 0.2) is 0 Å². The fraction of sp³-hybridized carbons (Fsp3) is 0.500. The number of nitro benzene ring substituents is 1. The van der Waals surface area contributed by atoms with E-state index in [1.54, 1.807) is 18.0 Å². The first kappa shape index (κ1) is 14.2. The lowest BCUT2D eigenvalue weighted by molar-refractivity contribution is -0.384. The first-order chi connectivity index (χ1) is 8.43. The number of aliphatic hydroxyl groups excluding tert-OH is 1. The van der Waals surface area contributed by atoms with Crippen molar-refractivity contribution in [2.24, 2.45) is 0 Å². The minimum absolute atomic E-state index is 0.0143. The Morgan fingerprint density at radius 2 is 2.11 bits per heavy atom. The van der Waals surface area contributed by atoms with Crippen molar-refractivity contribution in [3.8, 4) is 5.75 Å². The molecule has 0 atom stereocenters. The molecule has 0 radical (unpaired) electrons. The predicted molar refractivity (Wildman–Crippen MR) is 69.2 cm³/mol. The van der Waals surface area contributed by atoms with Crippen molar-refractivity contribution in [3.05, 3.63) is 28.3 Å². The van der Waals surface area contributed by atoms with Crippen LogP contribution >= 0.6 is 0 Å². The molecule has 0 amide bonds. The van der Waals surface area contributed by atoms with Gasteiger partial charge in [-0.05, 0) is 13.8 Å². The third-order valence-corrected chi connectivity index (χ3v) is 2.33. The zero-order valence-electron chi connectivity index (χ0n) is 10.8. The molecule has 0 saturated carbocycles. The summed E-state index contributed by atoms with van der Waals surface area (Å²) in [5.41, 5.74) is 0.627. The van der Waals surface area contributed by atoms with Crippen molar-refractivity contribution in [2.45, 2.75) is 20.0 Å². The lowest BCUT2D eigenvalue weighted by Crippen LogP contribution is -2.21. The Morgan fingerprint density at radius 3 is 2.61 bits per heavy atom. The fourth-order valence-electron chi connectivity index (χ4n) is 1.51. The first-order valence-electron chi connectivity index (χ1n) is 5.72. The van der Waals surface area contributed by atoms with Gasteiger partial charge in [0.2, 0.25) is 0 Å². The second-order valence-electron chi connectivity index (χ2n) is 4.25. The third-order valence-electron chi connectivity index (χ3n) is 2.33. The number of nitrogens with zero attached hydrogens (tertiary/aromatic N) is 2. The number of rotatable bonds is 6. The summed E-state index contributed by atoms with van der Waals surface area (Å²) < 4.78 is 5.48. The van der Waals surface area contributed by atoms with Gasteiger partial charge in [-0.25, -0.2) is 0 Å². The van der Waals surface area contributed by atoms with Gasteiger partial charge in [-0.2, -0.15) is 0 Å². The first-order valence-corrected chi connectivity index (χ1v) is 5.72. The van der Waals surface area contributed by atoms with Crippen molar-refractivity contribution in [1.82, 2.24) is 0 Å². The van der Waals surface area contributed by atoms with Crippen molar-refractivity contribution >= 4 is 11.4 Å². The third kappa shape index (κ3) is 3.89. The Bertz CT molecular complexity index is 421. The van der Waals surface area contributed by atoms with E-state index in [1.807, 2.05) is 13.8 Å². The van der Waals surface area contributed by atoms with Crippen LogP contribution < -0.4 is 9.64 Å². The summed E-state index contributed by atoms with van der Waals surface area (Å²) in [7, 11) is 1.76. The summed E-state index contributed by atoms with van der Waals surface area (Å²) in [6.45, 7) is 4.10. The topological polar surface area (TPSA) is 75.8 Å². The van der Waals surface area contributed by atoms with Crippen LogP contribution in [0.25, 0.3) is 0 Å². The Kier molecular flexibility index (Phi) is 4.91. The monoisotopic (exact) mass is 254 g/mol. The predicted octanol–water partition coefficient (Wildman–Crippen LogP) is 1.81. The molecule has 0 unspecified atom stereocenters. The van der Waals surface area contributed by atoms with Gasteiger partial charge in [0, 0.05) is 31.4 Å². The zero-order valence-corrected chi connectivity index (χ0v) is 10.8. The lowest BCUT2D eigenvalue weighted by atomic mass is 10.2. The van der Waals surface area contributed by atoms with E-state index in [9.17, 15) is 10.1 Å². The van der Waals surface area contributed by atoms with Gasteiger partial charge in [0.25, 0.3) is 5.69 Å². The molecular formula is C12H18N2O4. The minimum Gasteiger partial charge on any atom is -0.491 e. The van der Waals surface area contributed by atoms with Crippen LogP contribution in [0, 0.1) is 10.1 Å². The zero-order chi connectivity index (χ0) is 13.7. The summed E-state index contributed by atoms with van der Waals surface area (Å²) in [4.78, 5) is 12.1. The minimum atomic E-state index is -0.455. The number of hydrogen-bond donors (Lipinski definition) is 1. The number of nitro groups is 1. The maximum absolute atomic E-state index is 10.9.